The van der Waals surface area contributed by atoms with E-state index in [1.165, 1.54) is 6.08 Å². The van der Waals surface area contributed by atoms with Gasteiger partial charge in [-0.05, 0) is 44.4 Å². The molecule has 0 radical (unpaired) electrons. The number of nitrogens with one attached hydrogen (secondary N) is 3. The topological polar surface area (TPSA) is 106 Å². The summed E-state index contributed by atoms with van der Waals surface area (Å²) in [4.78, 5) is 25.7. The number of hydrogen-bond acceptors (Lipinski definition) is 5. The zero-order valence-corrected chi connectivity index (χ0v) is 20.4. The maximum atomic E-state index is 13.7. The second-order valence-corrected chi connectivity index (χ2v) is 9.78. The number of carbonyl (C=O) groups is 2. The summed E-state index contributed by atoms with van der Waals surface area (Å²) in [7, 11) is 0. The van der Waals surface area contributed by atoms with Crippen LogP contribution in [0.4, 0.5) is 8.78 Å². The van der Waals surface area contributed by atoms with Crippen LogP contribution in [0.3, 0.4) is 0 Å². The Bertz CT molecular complexity index is 950. The number of carboxylic acid groups (broad SMARTS) is 1. The van der Waals surface area contributed by atoms with E-state index in [-0.39, 0.29) is 44.1 Å². The maximum Gasteiger partial charge on any atom is 0.305 e. The van der Waals surface area contributed by atoms with E-state index in [0.717, 1.165) is 25.7 Å². The van der Waals surface area contributed by atoms with E-state index in [1.807, 2.05) is 12.1 Å². The predicted octanol–water partition coefficient (Wildman–Crippen LogP) is 4.31. The molecule has 192 valence electrons. The molecule has 0 unspecified atom stereocenters. The number of alkyl halides is 2. The molecular formula is C25H33ClF2N4O3. The second-order valence-electron chi connectivity index (χ2n) is 9.37. The fraction of sp³-hybridized carbons (Fsp3) is 0.560. The van der Waals surface area contributed by atoms with E-state index >= 15 is 0 Å². The fourth-order valence-corrected chi connectivity index (χ4v) is 4.89. The van der Waals surface area contributed by atoms with Gasteiger partial charge in [-0.1, -0.05) is 42.6 Å². The van der Waals surface area contributed by atoms with Crippen LogP contribution < -0.4 is 10.6 Å². The van der Waals surface area contributed by atoms with Crippen LogP contribution in [0, 0.1) is 5.41 Å². The molecule has 1 heterocycles. The molecule has 10 heteroatoms. The van der Waals surface area contributed by atoms with Gasteiger partial charge in [-0.3, -0.25) is 19.9 Å². The molecule has 0 aromatic heterocycles. The molecule has 1 aliphatic heterocycles. The number of benzene rings is 1. The van der Waals surface area contributed by atoms with Crippen LogP contribution in [-0.4, -0.2) is 65.2 Å². The first-order chi connectivity index (χ1) is 16.6. The van der Waals surface area contributed by atoms with E-state index < -0.39 is 23.8 Å². The van der Waals surface area contributed by atoms with Gasteiger partial charge < -0.3 is 15.7 Å². The highest BCUT2D eigenvalue weighted by atomic mass is 35.5. The Morgan fingerprint density at radius 3 is 2.63 bits per heavy atom. The summed E-state index contributed by atoms with van der Waals surface area (Å²) in [5, 5.41) is 24.1. The molecule has 1 aromatic carbocycles. The summed E-state index contributed by atoms with van der Waals surface area (Å²) < 4.78 is 27.4. The first-order valence-corrected chi connectivity index (χ1v) is 12.5. The highest BCUT2D eigenvalue weighted by Crippen LogP contribution is 2.27. The Hall–Kier alpha value is -2.52. The van der Waals surface area contributed by atoms with Crippen LogP contribution in [0.25, 0.3) is 5.70 Å². The van der Waals surface area contributed by atoms with Crippen LogP contribution in [0.1, 0.15) is 56.9 Å². The van der Waals surface area contributed by atoms with Gasteiger partial charge in [0.05, 0.1) is 13.0 Å². The van der Waals surface area contributed by atoms with Crippen molar-refractivity contribution in [2.24, 2.45) is 0 Å². The molecule has 0 spiro atoms. The van der Waals surface area contributed by atoms with E-state index in [2.05, 4.69) is 10.6 Å². The quantitative estimate of drug-likeness (QED) is 0.332. The standard InChI is InChI=1S/C25H33ClF2N4O3/c26-20-9-4-3-8-19(20)22(30-17-6-1-2-7-17)15-21(29)24(35)31-18(14-23(33)34)10-13-32-12-5-11-25(27,28)16-32/h3-4,8-9,15,17-18,29-30H,1-2,5-7,10-14,16H2,(H,31,35)(H,33,34)/b22-15-,29-21?/t18-/m0/s1. The molecule has 1 saturated heterocycles. The summed E-state index contributed by atoms with van der Waals surface area (Å²) in [5.74, 6) is -4.59. The van der Waals surface area contributed by atoms with Gasteiger partial charge in [0, 0.05) is 41.3 Å². The first-order valence-electron chi connectivity index (χ1n) is 12.1. The summed E-state index contributed by atoms with van der Waals surface area (Å²) in [6.07, 6.45) is 5.65. The van der Waals surface area contributed by atoms with Crippen molar-refractivity contribution in [3.8, 4) is 0 Å². The number of hydrogen-bond donors (Lipinski definition) is 4. The van der Waals surface area contributed by atoms with Crippen LogP contribution >= 0.6 is 11.6 Å². The van der Waals surface area contributed by atoms with Crippen molar-refractivity contribution in [3.63, 3.8) is 0 Å². The van der Waals surface area contributed by atoms with Crippen molar-refractivity contribution in [1.29, 1.82) is 5.41 Å². The molecule has 1 saturated carbocycles. The Morgan fingerprint density at radius 1 is 1.26 bits per heavy atom. The highest BCUT2D eigenvalue weighted by molar-refractivity contribution is 6.43. The number of likely N-dealkylation sites (tertiary alicyclic amines) is 1. The Balaban J connectivity index is 1.68. The third-order valence-electron chi connectivity index (χ3n) is 6.43. The maximum absolute atomic E-state index is 13.7. The lowest BCUT2D eigenvalue weighted by molar-refractivity contribution is -0.137. The van der Waals surface area contributed by atoms with Gasteiger partial charge in [-0.2, -0.15) is 0 Å². The second kappa shape index (κ2) is 12.4. The van der Waals surface area contributed by atoms with Crippen LogP contribution in [0.15, 0.2) is 30.3 Å². The van der Waals surface area contributed by atoms with E-state index in [4.69, 9.17) is 17.0 Å². The minimum atomic E-state index is -2.75. The number of carbonyl (C=O) groups excluding carboxylic acids is 1. The van der Waals surface area contributed by atoms with Crippen molar-refractivity contribution in [2.75, 3.05) is 19.6 Å². The van der Waals surface area contributed by atoms with Crippen LogP contribution in [-0.2, 0) is 9.59 Å². The van der Waals surface area contributed by atoms with E-state index in [0.29, 0.717) is 29.2 Å². The Labute approximate surface area is 209 Å². The molecule has 7 nitrogen and oxygen atoms in total. The summed E-state index contributed by atoms with van der Waals surface area (Å²) in [6.45, 7) is 0.383. The lowest BCUT2D eigenvalue weighted by Crippen LogP contribution is -2.46. The van der Waals surface area contributed by atoms with Gasteiger partial charge in [-0.15, -0.1) is 0 Å². The first kappa shape index (κ1) is 27.1. The lowest BCUT2D eigenvalue weighted by Gasteiger charge is -2.33. The normalized spacial score (nSPS) is 19.8. The number of aliphatic carboxylic acids is 1. The summed E-state index contributed by atoms with van der Waals surface area (Å²) >= 11 is 6.37. The van der Waals surface area contributed by atoms with Gasteiger partial charge in [0.1, 0.15) is 5.71 Å². The Morgan fingerprint density at radius 2 is 1.97 bits per heavy atom. The van der Waals surface area contributed by atoms with Crippen molar-refractivity contribution in [1.82, 2.24) is 15.5 Å². The molecule has 1 atom stereocenters. The van der Waals surface area contributed by atoms with Crippen molar-refractivity contribution >= 4 is 34.9 Å². The number of piperidine rings is 1. The number of amides is 1. The number of nitrogens with zero attached hydrogens (tertiary/aromatic N) is 1. The lowest BCUT2D eigenvalue weighted by atomic mass is 10.0. The molecule has 4 N–H and O–H groups in total. The smallest absolute Gasteiger partial charge is 0.305 e. The molecule has 1 amide bonds. The zero-order chi connectivity index (χ0) is 25.4. The third kappa shape index (κ3) is 8.58. The predicted molar refractivity (Wildman–Crippen MR) is 132 cm³/mol. The molecule has 35 heavy (non-hydrogen) atoms. The van der Waals surface area contributed by atoms with Gasteiger partial charge in [0.15, 0.2) is 0 Å². The zero-order valence-electron chi connectivity index (χ0n) is 19.7. The summed E-state index contributed by atoms with van der Waals surface area (Å²) in [6, 6.07) is 6.60. The van der Waals surface area contributed by atoms with Gasteiger partial charge in [0.2, 0.25) is 0 Å². The van der Waals surface area contributed by atoms with E-state index in [9.17, 15) is 23.5 Å². The van der Waals surface area contributed by atoms with Crippen molar-refractivity contribution in [2.45, 2.75) is 69.4 Å². The number of rotatable bonds is 11. The summed E-state index contributed by atoms with van der Waals surface area (Å²) in [5.41, 5.74) is 0.894. The molecule has 2 fully saturated rings. The minimum Gasteiger partial charge on any atom is -0.481 e. The Kier molecular flexibility index (Phi) is 9.63. The minimum absolute atomic E-state index is 0.148. The SMILES string of the molecule is N=C(/C=C(\NC1CCCC1)c1ccccc1Cl)C(=O)N[C@@H](CCN1CCCC(F)(F)C1)CC(=O)O. The van der Waals surface area contributed by atoms with Gasteiger partial charge in [-0.25, -0.2) is 8.78 Å². The molecule has 1 aromatic rings. The fourth-order valence-electron chi connectivity index (χ4n) is 4.65. The largest absolute Gasteiger partial charge is 0.481 e. The van der Waals surface area contributed by atoms with Crippen molar-refractivity contribution < 1.29 is 23.5 Å². The highest BCUT2D eigenvalue weighted by Gasteiger charge is 2.35. The molecule has 1 aliphatic carbocycles. The van der Waals surface area contributed by atoms with Crippen LogP contribution in [0.2, 0.25) is 5.02 Å². The molecule has 2 aliphatic rings. The van der Waals surface area contributed by atoms with Gasteiger partial charge in [0.25, 0.3) is 11.8 Å². The number of halogens is 3. The average molecular weight is 511 g/mol. The monoisotopic (exact) mass is 510 g/mol. The average Bonchev–Trinajstić information content (AvgIpc) is 3.29. The molecular weight excluding hydrogens is 478 g/mol. The van der Waals surface area contributed by atoms with Crippen LogP contribution in [0.5, 0.6) is 0 Å². The van der Waals surface area contributed by atoms with E-state index in [1.54, 1.807) is 17.0 Å². The molecule has 0 bridgehead atoms. The third-order valence-corrected chi connectivity index (χ3v) is 6.76. The molecule has 3 rings (SSSR count). The number of carboxylic acids is 1. The van der Waals surface area contributed by atoms with Crippen molar-refractivity contribution in [3.05, 3.63) is 40.9 Å². The van der Waals surface area contributed by atoms with Gasteiger partial charge >= 0.3 is 5.97 Å².